The van der Waals surface area contributed by atoms with E-state index in [1.54, 1.807) is 0 Å². The fourth-order valence-electron chi connectivity index (χ4n) is 9.12. The Labute approximate surface area is 305 Å². The van der Waals surface area contributed by atoms with E-state index in [0.29, 0.717) is 0 Å². The Bertz CT molecular complexity index is 2460. The molecule has 2 heterocycles. The van der Waals surface area contributed by atoms with Crippen molar-refractivity contribution in [2.75, 3.05) is 0 Å². The molecule has 52 heavy (non-hydrogen) atoms. The van der Waals surface area contributed by atoms with Gasteiger partial charge in [0.05, 0.1) is 28.2 Å². The molecule has 0 bridgehead atoms. The summed E-state index contributed by atoms with van der Waals surface area (Å²) in [6.45, 7) is 4.25. The average molecular weight is 665 g/mol. The number of nitrogens with zero attached hydrogens (tertiary/aromatic N) is 2. The summed E-state index contributed by atoms with van der Waals surface area (Å²) in [5.41, 5.74) is 17.2. The molecule has 246 valence electrons. The number of aryl methyl sites for hydroxylation is 2. The molecule has 1 spiro atoms. The molecule has 0 radical (unpaired) electrons. The summed E-state index contributed by atoms with van der Waals surface area (Å²) in [5, 5.41) is 0. The van der Waals surface area contributed by atoms with Gasteiger partial charge in [0.1, 0.15) is 5.41 Å². The largest absolute Gasteiger partial charge is 0.251 e. The molecular weight excluding hydrogens is 629 g/mol. The summed E-state index contributed by atoms with van der Waals surface area (Å²) >= 11 is 0. The van der Waals surface area contributed by atoms with Gasteiger partial charge in [0.2, 0.25) is 0 Å². The summed E-state index contributed by atoms with van der Waals surface area (Å²) in [7, 11) is 0. The van der Waals surface area contributed by atoms with Gasteiger partial charge in [-0.3, -0.25) is 9.97 Å². The van der Waals surface area contributed by atoms with Gasteiger partial charge < -0.3 is 0 Å². The first-order valence-corrected chi connectivity index (χ1v) is 18.1. The Morgan fingerprint density at radius 2 is 0.654 bits per heavy atom. The average Bonchev–Trinajstić information content (AvgIpc) is 3.50. The fraction of sp³-hybridized carbons (Fsp3) is 0.0800. The molecule has 0 aliphatic heterocycles. The second kappa shape index (κ2) is 11.6. The first-order valence-electron chi connectivity index (χ1n) is 18.1. The highest BCUT2D eigenvalue weighted by Gasteiger charge is 2.57. The molecule has 2 aliphatic rings. The van der Waals surface area contributed by atoms with E-state index >= 15 is 0 Å². The van der Waals surface area contributed by atoms with Crippen molar-refractivity contribution in [3.63, 3.8) is 0 Å². The van der Waals surface area contributed by atoms with Crippen LogP contribution in [0.1, 0.15) is 55.9 Å². The number of fused-ring (bicyclic) bond motifs is 9. The maximum Gasteiger partial charge on any atom is 0.105 e. The molecule has 10 rings (SSSR count). The van der Waals surface area contributed by atoms with Crippen molar-refractivity contribution in [2.24, 2.45) is 0 Å². The van der Waals surface area contributed by atoms with Crippen LogP contribution in [0.15, 0.2) is 182 Å². The van der Waals surface area contributed by atoms with Gasteiger partial charge in [-0.1, -0.05) is 169 Å². The lowest BCUT2D eigenvalue weighted by atomic mass is 9.53. The maximum absolute atomic E-state index is 5.62. The molecule has 0 saturated heterocycles. The molecule has 2 aromatic heterocycles. The number of benzene rings is 6. The lowest BCUT2D eigenvalue weighted by molar-refractivity contribution is 0.599. The SMILES string of the molecule is Cc1ccc(-c2cccc(C3(c4cccc(-c5ccc(C)cc5)n4)c4ccccc4C4(c5ccccc5-c5ccccc54)c4ccccc43)n2)cc1. The quantitative estimate of drug-likeness (QED) is 0.187. The number of aromatic nitrogens is 2. The number of hydrogen-bond acceptors (Lipinski definition) is 2. The number of rotatable bonds is 4. The van der Waals surface area contributed by atoms with Gasteiger partial charge in [-0.05, 0) is 82.6 Å². The lowest BCUT2D eigenvalue weighted by Crippen LogP contribution is -2.45. The Kier molecular flexibility index (Phi) is 6.78. The zero-order valence-electron chi connectivity index (χ0n) is 29.2. The summed E-state index contributed by atoms with van der Waals surface area (Å²) in [4.78, 5) is 11.2. The molecule has 2 nitrogen and oxygen atoms in total. The van der Waals surface area contributed by atoms with E-state index in [-0.39, 0.29) is 0 Å². The van der Waals surface area contributed by atoms with Gasteiger partial charge in [-0.25, -0.2) is 0 Å². The molecule has 0 atom stereocenters. The monoisotopic (exact) mass is 664 g/mol. The maximum atomic E-state index is 5.62. The van der Waals surface area contributed by atoms with Crippen LogP contribution in [0.5, 0.6) is 0 Å². The first-order chi connectivity index (χ1) is 25.6. The van der Waals surface area contributed by atoms with Crippen LogP contribution in [-0.4, -0.2) is 9.97 Å². The minimum atomic E-state index is -0.827. The van der Waals surface area contributed by atoms with Crippen LogP contribution < -0.4 is 0 Å². The highest BCUT2D eigenvalue weighted by atomic mass is 14.8. The van der Waals surface area contributed by atoms with Crippen molar-refractivity contribution in [1.29, 1.82) is 0 Å². The van der Waals surface area contributed by atoms with E-state index in [2.05, 4.69) is 196 Å². The van der Waals surface area contributed by atoms with Crippen molar-refractivity contribution >= 4 is 0 Å². The van der Waals surface area contributed by atoms with Crippen LogP contribution in [0.25, 0.3) is 33.6 Å². The molecule has 0 N–H and O–H groups in total. The smallest absolute Gasteiger partial charge is 0.105 e. The molecule has 0 saturated carbocycles. The summed E-state index contributed by atoms with van der Waals surface area (Å²) in [6, 6.07) is 66.5. The highest BCUT2D eigenvalue weighted by molar-refractivity contribution is 5.89. The normalized spacial score (nSPS) is 14.3. The van der Waals surface area contributed by atoms with Crippen molar-refractivity contribution in [3.05, 3.63) is 238 Å². The van der Waals surface area contributed by atoms with Gasteiger partial charge in [0, 0.05) is 11.1 Å². The molecule has 0 amide bonds. The molecule has 0 unspecified atom stereocenters. The van der Waals surface area contributed by atoms with Crippen molar-refractivity contribution < 1.29 is 0 Å². The van der Waals surface area contributed by atoms with Crippen molar-refractivity contribution in [1.82, 2.24) is 9.97 Å². The lowest BCUT2D eigenvalue weighted by Gasteiger charge is -2.48. The van der Waals surface area contributed by atoms with Gasteiger partial charge in [0.25, 0.3) is 0 Å². The third kappa shape index (κ3) is 4.18. The predicted octanol–water partition coefficient (Wildman–Crippen LogP) is 11.5. The molecule has 0 fully saturated rings. The zero-order valence-corrected chi connectivity index (χ0v) is 29.2. The van der Waals surface area contributed by atoms with Crippen LogP contribution in [0.3, 0.4) is 0 Å². The number of hydrogen-bond donors (Lipinski definition) is 0. The van der Waals surface area contributed by atoms with Crippen LogP contribution >= 0.6 is 0 Å². The summed E-state index contributed by atoms with van der Waals surface area (Å²) < 4.78 is 0. The Hall–Kier alpha value is -6.38. The Balaban J connectivity index is 1.35. The van der Waals surface area contributed by atoms with E-state index in [1.165, 1.54) is 55.6 Å². The van der Waals surface area contributed by atoms with Crippen molar-refractivity contribution in [3.8, 4) is 33.6 Å². The van der Waals surface area contributed by atoms with Crippen LogP contribution in [0.2, 0.25) is 0 Å². The van der Waals surface area contributed by atoms with Gasteiger partial charge in [-0.15, -0.1) is 0 Å². The number of pyridine rings is 2. The summed E-state index contributed by atoms with van der Waals surface area (Å²) in [5.74, 6) is 0. The van der Waals surface area contributed by atoms with Crippen LogP contribution in [-0.2, 0) is 10.8 Å². The second-order valence-corrected chi connectivity index (χ2v) is 14.2. The van der Waals surface area contributed by atoms with E-state index < -0.39 is 10.8 Å². The minimum absolute atomic E-state index is 0.521. The van der Waals surface area contributed by atoms with E-state index in [0.717, 1.165) is 33.9 Å². The molecule has 6 aromatic carbocycles. The molecular formula is C50H36N2. The Morgan fingerprint density at radius 3 is 1.06 bits per heavy atom. The molecule has 2 aliphatic carbocycles. The standard InChI is InChI=1S/C50H36N2/c1-33-25-29-35(30-26-33)45-21-11-23-47(51-45)50(48-24-12-22-46(52-48)36-31-27-34(2)28-32-36)43-19-9-7-17-41(43)49(42-18-8-10-20-44(42)50)39-15-5-3-13-37(39)38-14-4-6-16-40(38)49/h3-32H,1-2H3. The van der Waals surface area contributed by atoms with E-state index in [4.69, 9.17) is 9.97 Å². The van der Waals surface area contributed by atoms with Crippen molar-refractivity contribution in [2.45, 2.75) is 24.7 Å². The third-order valence-electron chi connectivity index (χ3n) is 11.4. The first kappa shape index (κ1) is 30.4. The van der Waals surface area contributed by atoms with E-state index in [1.807, 2.05) is 0 Å². The third-order valence-corrected chi connectivity index (χ3v) is 11.4. The van der Waals surface area contributed by atoms with E-state index in [9.17, 15) is 0 Å². The highest BCUT2D eigenvalue weighted by Crippen LogP contribution is 2.64. The topological polar surface area (TPSA) is 25.8 Å². The fourth-order valence-corrected chi connectivity index (χ4v) is 9.12. The van der Waals surface area contributed by atoms with Gasteiger partial charge >= 0.3 is 0 Å². The molecule has 8 aromatic rings. The van der Waals surface area contributed by atoms with Gasteiger partial charge in [-0.2, -0.15) is 0 Å². The Morgan fingerprint density at radius 1 is 0.308 bits per heavy atom. The van der Waals surface area contributed by atoms with Crippen LogP contribution in [0, 0.1) is 13.8 Å². The summed E-state index contributed by atoms with van der Waals surface area (Å²) in [6.07, 6.45) is 0. The zero-order chi connectivity index (χ0) is 34.9. The predicted molar refractivity (Wildman–Crippen MR) is 212 cm³/mol. The van der Waals surface area contributed by atoms with Gasteiger partial charge in [0.15, 0.2) is 0 Å². The van der Waals surface area contributed by atoms with Crippen LogP contribution in [0.4, 0.5) is 0 Å². The molecule has 2 heteroatoms. The minimum Gasteiger partial charge on any atom is -0.251 e. The second-order valence-electron chi connectivity index (χ2n) is 14.2.